The average molecular weight is 285 g/mol. The Labute approximate surface area is 119 Å². The summed E-state index contributed by atoms with van der Waals surface area (Å²) in [6.45, 7) is 6.15. The molecule has 1 aromatic rings. The first-order valence-corrected chi connectivity index (χ1v) is 6.50. The van der Waals surface area contributed by atoms with Gasteiger partial charge in [-0.25, -0.2) is 0 Å². The molecular formula is C14H21ClN2O2. The van der Waals surface area contributed by atoms with E-state index in [1.165, 1.54) is 7.11 Å². The summed E-state index contributed by atoms with van der Waals surface area (Å²) in [7, 11) is 1.38. The van der Waals surface area contributed by atoms with Gasteiger partial charge in [-0.15, -0.1) is 0 Å². The van der Waals surface area contributed by atoms with Crippen molar-refractivity contribution in [2.45, 2.75) is 33.2 Å². The lowest BCUT2D eigenvalue weighted by Crippen LogP contribution is -2.36. The van der Waals surface area contributed by atoms with Crippen LogP contribution in [0.4, 0.5) is 11.4 Å². The van der Waals surface area contributed by atoms with Crippen LogP contribution >= 0.6 is 11.6 Å². The van der Waals surface area contributed by atoms with Gasteiger partial charge in [-0.3, -0.25) is 4.79 Å². The summed E-state index contributed by atoms with van der Waals surface area (Å²) in [6.07, 6.45) is 0.270. The SMILES string of the molecule is COC(=O)C[C@H](Nc1cc(Cl)ccc1N)C(C)(C)C. The number of carbonyl (C=O) groups excluding carboxylic acids is 1. The Bertz CT molecular complexity index is 455. The normalized spacial score (nSPS) is 12.9. The number of nitrogens with one attached hydrogen (secondary N) is 1. The molecule has 0 aromatic heterocycles. The fraction of sp³-hybridized carbons (Fsp3) is 0.500. The minimum absolute atomic E-state index is 0.0966. The lowest BCUT2D eigenvalue weighted by molar-refractivity contribution is -0.141. The molecule has 0 radical (unpaired) electrons. The van der Waals surface area contributed by atoms with E-state index in [0.29, 0.717) is 10.7 Å². The van der Waals surface area contributed by atoms with Gasteiger partial charge >= 0.3 is 5.97 Å². The second kappa shape index (κ2) is 6.15. The first kappa shape index (κ1) is 15.6. The number of halogens is 1. The third-order valence-electron chi connectivity index (χ3n) is 2.99. The number of nitrogen functional groups attached to an aromatic ring is 1. The Hall–Kier alpha value is -1.42. The molecule has 106 valence electrons. The van der Waals surface area contributed by atoms with Crippen molar-refractivity contribution >= 4 is 28.9 Å². The van der Waals surface area contributed by atoms with Crippen LogP contribution < -0.4 is 11.1 Å². The van der Waals surface area contributed by atoms with Gasteiger partial charge in [0.1, 0.15) is 0 Å². The molecular weight excluding hydrogens is 264 g/mol. The van der Waals surface area contributed by atoms with E-state index < -0.39 is 0 Å². The van der Waals surface area contributed by atoms with Crippen LogP contribution in [0.15, 0.2) is 18.2 Å². The van der Waals surface area contributed by atoms with Gasteiger partial charge in [-0.2, -0.15) is 0 Å². The molecule has 5 heteroatoms. The topological polar surface area (TPSA) is 64.3 Å². The van der Waals surface area contributed by atoms with Crippen LogP contribution in [0, 0.1) is 5.41 Å². The second-order valence-corrected chi connectivity index (χ2v) is 6.01. The number of rotatable bonds is 4. The van der Waals surface area contributed by atoms with Gasteiger partial charge in [0.05, 0.1) is 24.9 Å². The monoisotopic (exact) mass is 284 g/mol. The highest BCUT2D eigenvalue weighted by atomic mass is 35.5. The third-order valence-corrected chi connectivity index (χ3v) is 3.22. The van der Waals surface area contributed by atoms with E-state index in [1.807, 2.05) is 20.8 Å². The number of ether oxygens (including phenoxy) is 1. The Morgan fingerprint density at radius 3 is 2.63 bits per heavy atom. The van der Waals surface area contributed by atoms with Gasteiger partial charge in [0, 0.05) is 11.1 Å². The van der Waals surface area contributed by atoms with E-state index in [4.69, 9.17) is 22.1 Å². The molecule has 19 heavy (non-hydrogen) atoms. The number of benzene rings is 1. The zero-order valence-corrected chi connectivity index (χ0v) is 12.5. The van der Waals surface area contributed by atoms with E-state index in [2.05, 4.69) is 5.32 Å². The van der Waals surface area contributed by atoms with E-state index in [-0.39, 0.29) is 23.8 Å². The van der Waals surface area contributed by atoms with Crippen LogP contribution in [0.25, 0.3) is 0 Å². The summed E-state index contributed by atoms with van der Waals surface area (Å²) in [4.78, 5) is 11.5. The molecule has 0 aliphatic rings. The highest BCUT2D eigenvalue weighted by Gasteiger charge is 2.27. The minimum atomic E-state index is -0.256. The van der Waals surface area contributed by atoms with Crippen LogP contribution in [0.3, 0.4) is 0 Å². The van der Waals surface area contributed by atoms with Gasteiger partial charge in [0.25, 0.3) is 0 Å². The predicted octanol–water partition coefficient (Wildman–Crippen LogP) is 3.31. The molecule has 0 saturated carbocycles. The molecule has 0 aliphatic carbocycles. The fourth-order valence-corrected chi connectivity index (χ4v) is 1.84. The summed E-state index contributed by atoms with van der Waals surface area (Å²) in [5.41, 5.74) is 7.12. The zero-order chi connectivity index (χ0) is 14.6. The quantitative estimate of drug-likeness (QED) is 0.658. The van der Waals surface area contributed by atoms with Crippen LogP contribution in [0.1, 0.15) is 27.2 Å². The minimum Gasteiger partial charge on any atom is -0.469 e. The summed E-state index contributed by atoms with van der Waals surface area (Å²) in [5, 5.41) is 3.88. The second-order valence-electron chi connectivity index (χ2n) is 5.57. The average Bonchev–Trinajstić information content (AvgIpc) is 2.31. The maximum Gasteiger partial charge on any atom is 0.307 e. The number of hydrogen-bond donors (Lipinski definition) is 2. The van der Waals surface area contributed by atoms with E-state index in [1.54, 1.807) is 18.2 Å². The molecule has 1 aromatic carbocycles. The van der Waals surface area contributed by atoms with Crippen molar-refractivity contribution in [1.29, 1.82) is 0 Å². The maximum atomic E-state index is 11.5. The summed E-state index contributed by atoms with van der Waals surface area (Å²) >= 11 is 5.96. The van der Waals surface area contributed by atoms with Crippen molar-refractivity contribution in [3.05, 3.63) is 23.2 Å². The zero-order valence-electron chi connectivity index (χ0n) is 11.8. The molecule has 0 aliphatic heterocycles. The van der Waals surface area contributed by atoms with E-state index in [9.17, 15) is 4.79 Å². The smallest absolute Gasteiger partial charge is 0.307 e. The van der Waals surface area contributed by atoms with E-state index >= 15 is 0 Å². The van der Waals surface area contributed by atoms with Crippen LogP contribution in [0.2, 0.25) is 5.02 Å². The van der Waals surface area contributed by atoms with Crippen molar-refractivity contribution in [1.82, 2.24) is 0 Å². The molecule has 0 amide bonds. The maximum absolute atomic E-state index is 11.5. The highest BCUT2D eigenvalue weighted by Crippen LogP contribution is 2.30. The van der Waals surface area contributed by atoms with Crippen molar-refractivity contribution in [3.63, 3.8) is 0 Å². The van der Waals surface area contributed by atoms with Gasteiger partial charge in [-0.05, 0) is 23.6 Å². The Balaban J connectivity index is 2.94. The Morgan fingerprint density at radius 2 is 2.11 bits per heavy atom. The number of esters is 1. The Morgan fingerprint density at radius 1 is 1.47 bits per heavy atom. The molecule has 3 N–H and O–H groups in total. The summed E-state index contributed by atoms with van der Waals surface area (Å²) < 4.78 is 4.73. The lowest BCUT2D eigenvalue weighted by atomic mass is 9.84. The van der Waals surface area contributed by atoms with Crippen LogP contribution in [0.5, 0.6) is 0 Å². The number of carbonyl (C=O) groups is 1. The van der Waals surface area contributed by atoms with Gasteiger partial charge in [0.15, 0.2) is 0 Å². The standard InChI is InChI=1S/C14H21ClN2O2/c1-14(2,3)12(8-13(18)19-4)17-11-7-9(15)5-6-10(11)16/h5-7,12,17H,8,16H2,1-4H3/t12-/m0/s1. The van der Waals surface area contributed by atoms with Gasteiger partial charge in [0.2, 0.25) is 0 Å². The number of anilines is 2. The van der Waals surface area contributed by atoms with Crippen molar-refractivity contribution < 1.29 is 9.53 Å². The highest BCUT2D eigenvalue weighted by molar-refractivity contribution is 6.31. The lowest BCUT2D eigenvalue weighted by Gasteiger charge is -2.32. The third kappa shape index (κ3) is 4.63. The molecule has 0 saturated heterocycles. The molecule has 1 atom stereocenters. The van der Waals surface area contributed by atoms with Crippen molar-refractivity contribution in [3.8, 4) is 0 Å². The van der Waals surface area contributed by atoms with Crippen molar-refractivity contribution in [2.24, 2.45) is 5.41 Å². The molecule has 0 bridgehead atoms. The Kier molecular flexibility index (Phi) is 5.06. The van der Waals surface area contributed by atoms with E-state index in [0.717, 1.165) is 5.69 Å². The largest absolute Gasteiger partial charge is 0.469 e. The first-order chi connectivity index (χ1) is 8.74. The number of nitrogens with two attached hydrogens (primary N) is 1. The van der Waals surface area contributed by atoms with Crippen LogP contribution in [-0.4, -0.2) is 19.1 Å². The summed E-state index contributed by atoms with van der Waals surface area (Å²) in [6, 6.07) is 5.13. The predicted molar refractivity (Wildman–Crippen MR) is 79.4 cm³/mol. The molecule has 0 fully saturated rings. The van der Waals surface area contributed by atoms with Crippen molar-refractivity contribution in [2.75, 3.05) is 18.2 Å². The molecule has 4 nitrogen and oxygen atoms in total. The van der Waals surface area contributed by atoms with Crippen LogP contribution in [-0.2, 0) is 9.53 Å². The fourth-order valence-electron chi connectivity index (χ4n) is 1.66. The number of hydrogen-bond acceptors (Lipinski definition) is 4. The van der Waals surface area contributed by atoms with Gasteiger partial charge in [-0.1, -0.05) is 32.4 Å². The molecule has 0 unspecified atom stereocenters. The van der Waals surface area contributed by atoms with Gasteiger partial charge < -0.3 is 15.8 Å². The summed E-state index contributed by atoms with van der Waals surface area (Å²) in [5.74, 6) is -0.256. The number of methoxy groups -OCH3 is 1. The first-order valence-electron chi connectivity index (χ1n) is 6.12. The molecule has 0 heterocycles. The molecule has 0 spiro atoms. The molecule has 1 rings (SSSR count).